The molecule has 2 atom stereocenters. The predicted molar refractivity (Wildman–Crippen MR) is 78.2 cm³/mol. The summed E-state index contributed by atoms with van der Waals surface area (Å²) in [4.78, 5) is -0.224. The molecular formula is C13H16Cl2FNO2S. The summed E-state index contributed by atoms with van der Waals surface area (Å²) in [6, 6.07) is 3.09. The molecule has 1 aromatic rings. The van der Waals surface area contributed by atoms with Crippen molar-refractivity contribution in [3.63, 3.8) is 0 Å². The molecule has 1 fully saturated rings. The number of hydrogen-bond acceptors (Lipinski definition) is 2. The molecule has 1 aliphatic carbocycles. The molecule has 0 radical (unpaired) electrons. The minimum Gasteiger partial charge on any atom is -0.208 e. The molecule has 0 amide bonds. The quantitative estimate of drug-likeness (QED) is 0.852. The Balaban J connectivity index is 2.24. The predicted octanol–water partition coefficient (Wildman–Crippen LogP) is 3.56. The Kier molecular flexibility index (Phi) is 5.29. The third-order valence-corrected chi connectivity index (χ3v) is 5.96. The molecule has 1 N–H and O–H groups in total. The van der Waals surface area contributed by atoms with Crippen LogP contribution in [-0.2, 0) is 10.0 Å². The highest BCUT2D eigenvalue weighted by molar-refractivity contribution is 7.89. The van der Waals surface area contributed by atoms with Crippen LogP contribution in [0.5, 0.6) is 0 Å². The van der Waals surface area contributed by atoms with Crippen molar-refractivity contribution in [3.8, 4) is 0 Å². The number of rotatable bonds is 4. The molecule has 2 rings (SSSR count). The van der Waals surface area contributed by atoms with E-state index < -0.39 is 15.8 Å². The van der Waals surface area contributed by atoms with Crippen molar-refractivity contribution in [1.29, 1.82) is 0 Å². The molecule has 3 nitrogen and oxygen atoms in total. The molecule has 1 aromatic carbocycles. The van der Waals surface area contributed by atoms with E-state index in [2.05, 4.69) is 4.72 Å². The van der Waals surface area contributed by atoms with E-state index in [1.165, 1.54) is 6.07 Å². The van der Waals surface area contributed by atoms with Crippen LogP contribution in [0.15, 0.2) is 23.1 Å². The number of sulfonamides is 1. The standard InChI is InChI=1S/C13H16Cl2FNO2S/c14-8-9-3-1-2-4-12(9)17-20(18,19)13-7-10(16)5-6-11(13)15/h5-7,9,12,17H,1-4,8H2. The summed E-state index contributed by atoms with van der Waals surface area (Å²) < 4.78 is 40.5. The van der Waals surface area contributed by atoms with Crippen molar-refractivity contribution in [2.75, 3.05) is 5.88 Å². The maximum absolute atomic E-state index is 13.2. The molecule has 0 heterocycles. The van der Waals surface area contributed by atoms with E-state index in [1.54, 1.807) is 0 Å². The zero-order valence-corrected chi connectivity index (χ0v) is 13.1. The van der Waals surface area contributed by atoms with Gasteiger partial charge in [-0.15, -0.1) is 11.6 Å². The lowest BCUT2D eigenvalue weighted by atomic mass is 9.86. The fourth-order valence-corrected chi connectivity index (χ4v) is 4.71. The first kappa shape index (κ1) is 16.0. The van der Waals surface area contributed by atoms with Gasteiger partial charge in [0.25, 0.3) is 0 Å². The van der Waals surface area contributed by atoms with E-state index in [4.69, 9.17) is 23.2 Å². The van der Waals surface area contributed by atoms with Crippen LogP contribution in [-0.4, -0.2) is 20.3 Å². The van der Waals surface area contributed by atoms with Gasteiger partial charge in [-0.2, -0.15) is 0 Å². The first-order chi connectivity index (χ1) is 9.44. The molecule has 0 spiro atoms. The van der Waals surface area contributed by atoms with E-state index >= 15 is 0 Å². The second-order valence-corrected chi connectivity index (χ2v) is 7.40. The Hall–Kier alpha value is -0.360. The fraction of sp³-hybridized carbons (Fsp3) is 0.538. The van der Waals surface area contributed by atoms with E-state index in [-0.39, 0.29) is 21.9 Å². The van der Waals surface area contributed by atoms with Crippen molar-refractivity contribution >= 4 is 33.2 Å². The van der Waals surface area contributed by atoms with E-state index in [0.29, 0.717) is 5.88 Å². The van der Waals surface area contributed by atoms with Crippen LogP contribution in [0, 0.1) is 11.7 Å². The van der Waals surface area contributed by atoms with Crippen molar-refractivity contribution in [2.45, 2.75) is 36.6 Å². The topological polar surface area (TPSA) is 46.2 Å². The lowest BCUT2D eigenvalue weighted by Crippen LogP contribution is -2.42. The molecule has 0 bridgehead atoms. The molecule has 0 aromatic heterocycles. The third kappa shape index (κ3) is 3.64. The highest BCUT2D eigenvalue weighted by atomic mass is 35.5. The second kappa shape index (κ2) is 6.60. The van der Waals surface area contributed by atoms with Gasteiger partial charge in [0.1, 0.15) is 10.7 Å². The zero-order chi connectivity index (χ0) is 14.8. The van der Waals surface area contributed by atoms with Crippen LogP contribution >= 0.6 is 23.2 Å². The number of hydrogen-bond donors (Lipinski definition) is 1. The van der Waals surface area contributed by atoms with Crippen LogP contribution in [0.1, 0.15) is 25.7 Å². The van der Waals surface area contributed by atoms with E-state index in [1.807, 2.05) is 0 Å². The minimum absolute atomic E-state index is 0.0112. The summed E-state index contributed by atoms with van der Waals surface area (Å²) >= 11 is 11.7. The fourth-order valence-electron chi connectivity index (χ4n) is 2.49. The lowest BCUT2D eigenvalue weighted by Gasteiger charge is -2.30. The van der Waals surface area contributed by atoms with Gasteiger partial charge in [0, 0.05) is 11.9 Å². The van der Waals surface area contributed by atoms with Gasteiger partial charge in [-0.05, 0) is 37.0 Å². The largest absolute Gasteiger partial charge is 0.242 e. The molecule has 1 saturated carbocycles. The number of nitrogens with one attached hydrogen (secondary N) is 1. The van der Waals surface area contributed by atoms with Gasteiger partial charge >= 0.3 is 0 Å². The number of benzene rings is 1. The molecule has 1 aliphatic rings. The van der Waals surface area contributed by atoms with Gasteiger partial charge in [0.15, 0.2) is 0 Å². The average Bonchev–Trinajstić information content (AvgIpc) is 2.41. The monoisotopic (exact) mass is 339 g/mol. The number of alkyl halides is 1. The Bertz CT molecular complexity index is 580. The van der Waals surface area contributed by atoms with Crippen LogP contribution in [0.25, 0.3) is 0 Å². The van der Waals surface area contributed by atoms with Crippen LogP contribution in [0.2, 0.25) is 5.02 Å². The van der Waals surface area contributed by atoms with Gasteiger partial charge in [-0.25, -0.2) is 17.5 Å². The van der Waals surface area contributed by atoms with Gasteiger partial charge in [-0.1, -0.05) is 24.4 Å². The second-order valence-electron chi connectivity index (χ2n) is 5.00. The average molecular weight is 340 g/mol. The van der Waals surface area contributed by atoms with Gasteiger partial charge < -0.3 is 0 Å². The van der Waals surface area contributed by atoms with E-state index in [0.717, 1.165) is 37.8 Å². The maximum Gasteiger partial charge on any atom is 0.242 e. The van der Waals surface area contributed by atoms with Crippen LogP contribution in [0.3, 0.4) is 0 Å². The zero-order valence-electron chi connectivity index (χ0n) is 10.8. The lowest BCUT2D eigenvalue weighted by molar-refractivity contribution is 0.314. The summed E-state index contributed by atoms with van der Waals surface area (Å²) in [5.74, 6) is -0.121. The highest BCUT2D eigenvalue weighted by Crippen LogP contribution is 2.28. The Labute approximate surface area is 128 Å². The van der Waals surface area contributed by atoms with Crippen molar-refractivity contribution in [2.24, 2.45) is 5.92 Å². The molecule has 112 valence electrons. The summed E-state index contributed by atoms with van der Waals surface area (Å²) in [5, 5.41) is 0.0112. The SMILES string of the molecule is O=S(=O)(NC1CCCCC1CCl)c1cc(F)ccc1Cl. The van der Waals surface area contributed by atoms with Gasteiger partial charge in [0.2, 0.25) is 10.0 Å². The molecule has 7 heteroatoms. The first-order valence-corrected chi connectivity index (χ1v) is 8.87. The van der Waals surface area contributed by atoms with Crippen molar-refractivity contribution < 1.29 is 12.8 Å². The molecular weight excluding hydrogens is 324 g/mol. The Morgan fingerprint density at radius 1 is 1.30 bits per heavy atom. The Morgan fingerprint density at radius 3 is 2.70 bits per heavy atom. The highest BCUT2D eigenvalue weighted by Gasteiger charge is 2.30. The summed E-state index contributed by atoms with van der Waals surface area (Å²) in [5.41, 5.74) is 0. The summed E-state index contributed by atoms with van der Waals surface area (Å²) in [7, 11) is -3.84. The molecule has 2 unspecified atom stereocenters. The minimum atomic E-state index is -3.84. The summed E-state index contributed by atoms with van der Waals surface area (Å²) in [6.07, 6.45) is 3.64. The van der Waals surface area contributed by atoms with Gasteiger partial charge in [0.05, 0.1) is 5.02 Å². The maximum atomic E-state index is 13.2. The summed E-state index contributed by atoms with van der Waals surface area (Å²) in [6.45, 7) is 0. The smallest absolute Gasteiger partial charge is 0.208 e. The number of halogens is 3. The van der Waals surface area contributed by atoms with E-state index in [9.17, 15) is 12.8 Å². The van der Waals surface area contributed by atoms with Crippen molar-refractivity contribution in [1.82, 2.24) is 4.72 Å². The normalized spacial score (nSPS) is 23.8. The molecule has 20 heavy (non-hydrogen) atoms. The first-order valence-electron chi connectivity index (χ1n) is 6.47. The van der Waals surface area contributed by atoms with Crippen LogP contribution in [0.4, 0.5) is 4.39 Å². The van der Waals surface area contributed by atoms with Crippen molar-refractivity contribution in [3.05, 3.63) is 29.0 Å². The third-order valence-electron chi connectivity index (χ3n) is 3.60. The Morgan fingerprint density at radius 2 is 2.00 bits per heavy atom. The molecule has 0 saturated heterocycles. The van der Waals surface area contributed by atoms with Crippen LogP contribution < -0.4 is 4.72 Å². The van der Waals surface area contributed by atoms with Gasteiger partial charge in [-0.3, -0.25) is 0 Å². The molecule has 0 aliphatic heterocycles.